The molecule has 0 spiro atoms. The van der Waals surface area contributed by atoms with Crippen LogP contribution in [0.4, 0.5) is 0 Å². The summed E-state index contributed by atoms with van der Waals surface area (Å²) < 4.78 is 4.15. The highest BCUT2D eigenvalue weighted by atomic mass is 16.1. The van der Waals surface area contributed by atoms with Gasteiger partial charge in [-0.25, -0.2) is 4.68 Å². The number of aryl methyl sites for hydroxylation is 1. The Hall–Kier alpha value is -2.56. The van der Waals surface area contributed by atoms with Crippen molar-refractivity contribution < 1.29 is 4.79 Å². The number of rotatable bonds is 6. The number of carbonyl (C=O) groups excluding carboxylic acids is 1. The third-order valence-corrected chi connectivity index (χ3v) is 3.67. The number of aromatic nitrogens is 3. The highest BCUT2D eigenvalue weighted by Crippen LogP contribution is 2.23. The van der Waals surface area contributed by atoms with Crippen molar-refractivity contribution in [1.29, 1.82) is 0 Å². The monoisotopic (exact) mass is 312 g/mol. The zero-order chi connectivity index (χ0) is 17.0. The lowest BCUT2D eigenvalue weighted by Crippen LogP contribution is -2.20. The first kappa shape index (κ1) is 16.8. The Bertz CT molecular complexity index is 734. The zero-order valence-electron chi connectivity index (χ0n) is 14.2. The number of hydrogen-bond donors (Lipinski definition) is 1. The molecule has 0 saturated heterocycles. The molecule has 0 radical (unpaired) electrons. The van der Waals surface area contributed by atoms with E-state index >= 15 is 0 Å². The number of carbonyl (C=O) groups is 1. The van der Waals surface area contributed by atoms with Crippen molar-refractivity contribution >= 4 is 12.0 Å². The molecule has 23 heavy (non-hydrogen) atoms. The van der Waals surface area contributed by atoms with Gasteiger partial charge in [-0.3, -0.25) is 4.79 Å². The fourth-order valence-corrected chi connectivity index (χ4v) is 2.59. The third-order valence-electron chi connectivity index (χ3n) is 3.67. The molecule has 0 bridgehead atoms. The molecular weight excluding hydrogens is 288 g/mol. The average molecular weight is 312 g/mol. The first-order valence-electron chi connectivity index (χ1n) is 7.75. The summed E-state index contributed by atoms with van der Waals surface area (Å²) in [6, 6.07) is 4.36. The van der Waals surface area contributed by atoms with Gasteiger partial charge >= 0.3 is 0 Å². The maximum Gasteiger partial charge on any atom is 0.244 e. The molecule has 5 nitrogen and oxygen atoms in total. The summed E-state index contributed by atoms with van der Waals surface area (Å²) in [5.74, 6) is 0.910. The summed E-state index contributed by atoms with van der Waals surface area (Å²) in [4.78, 5) is 11.7. The van der Waals surface area contributed by atoms with Crippen LogP contribution in [0.15, 0.2) is 37.1 Å². The molecule has 5 heteroatoms. The Morgan fingerprint density at radius 1 is 1.43 bits per heavy atom. The van der Waals surface area contributed by atoms with Gasteiger partial charge in [0.1, 0.15) is 5.82 Å². The van der Waals surface area contributed by atoms with Gasteiger partial charge in [-0.15, -0.1) is 6.58 Å². The second-order valence-electron chi connectivity index (χ2n) is 5.76. The largest absolute Gasteiger partial charge is 0.349 e. The smallest absolute Gasteiger partial charge is 0.244 e. The van der Waals surface area contributed by atoms with Crippen LogP contribution in [0.1, 0.15) is 36.8 Å². The summed E-state index contributed by atoms with van der Waals surface area (Å²) in [6.45, 7) is 12.4. The molecule has 0 aliphatic rings. The van der Waals surface area contributed by atoms with Crippen molar-refractivity contribution in [2.24, 2.45) is 0 Å². The van der Waals surface area contributed by atoms with Gasteiger partial charge in [0.25, 0.3) is 0 Å². The Labute approximate surface area is 137 Å². The summed E-state index contributed by atoms with van der Waals surface area (Å²) in [5.41, 5.74) is 3.21. The fourth-order valence-electron chi connectivity index (χ4n) is 2.59. The first-order chi connectivity index (χ1) is 11.0. The Morgan fingerprint density at radius 3 is 2.83 bits per heavy atom. The lowest BCUT2D eigenvalue weighted by atomic mass is 10.2. The molecular formula is C18H24N4O. The molecule has 2 rings (SSSR count). The van der Waals surface area contributed by atoms with Gasteiger partial charge in [-0.05, 0) is 45.4 Å². The second kappa shape index (κ2) is 7.13. The quantitative estimate of drug-likeness (QED) is 0.658. The highest BCUT2D eigenvalue weighted by molar-refractivity contribution is 5.92. The van der Waals surface area contributed by atoms with Crippen molar-refractivity contribution in [1.82, 2.24) is 19.7 Å². The van der Waals surface area contributed by atoms with Gasteiger partial charge in [0.15, 0.2) is 0 Å². The highest BCUT2D eigenvalue weighted by Gasteiger charge is 2.14. The van der Waals surface area contributed by atoms with E-state index in [1.165, 1.54) is 0 Å². The van der Waals surface area contributed by atoms with Gasteiger partial charge in [0, 0.05) is 36.1 Å². The van der Waals surface area contributed by atoms with Gasteiger partial charge in [-0.2, -0.15) is 5.10 Å². The SMILES string of the molecule is C=CCNC(=O)/C=C/c1cc(C)n(-c2ccnn2C(C)C)c1C. The molecule has 0 aliphatic heterocycles. The zero-order valence-corrected chi connectivity index (χ0v) is 14.2. The normalized spacial score (nSPS) is 11.3. The molecule has 1 amide bonds. The Morgan fingerprint density at radius 2 is 2.17 bits per heavy atom. The topological polar surface area (TPSA) is 51.9 Å². The summed E-state index contributed by atoms with van der Waals surface area (Å²) in [5, 5.41) is 7.13. The van der Waals surface area contributed by atoms with Crippen LogP contribution in [-0.2, 0) is 4.79 Å². The van der Waals surface area contributed by atoms with Crippen LogP contribution in [0.2, 0.25) is 0 Å². The van der Waals surface area contributed by atoms with Crippen LogP contribution in [-0.4, -0.2) is 26.8 Å². The number of hydrogen-bond acceptors (Lipinski definition) is 2. The van der Waals surface area contributed by atoms with E-state index < -0.39 is 0 Å². The van der Waals surface area contributed by atoms with Crippen LogP contribution in [0.5, 0.6) is 0 Å². The van der Waals surface area contributed by atoms with Gasteiger partial charge in [0.05, 0.1) is 6.20 Å². The van der Waals surface area contributed by atoms with E-state index in [4.69, 9.17) is 0 Å². The van der Waals surface area contributed by atoms with E-state index in [1.54, 1.807) is 12.2 Å². The minimum atomic E-state index is -0.123. The van der Waals surface area contributed by atoms with E-state index in [0.29, 0.717) is 6.54 Å². The fraction of sp³-hybridized carbons (Fsp3) is 0.333. The van der Waals surface area contributed by atoms with Crippen LogP contribution >= 0.6 is 0 Å². The van der Waals surface area contributed by atoms with Crippen molar-refractivity contribution in [2.45, 2.75) is 33.7 Å². The number of nitrogens with zero attached hydrogens (tertiary/aromatic N) is 3. The predicted octanol–water partition coefficient (Wildman–Crippen LogP) is 3.19. The second-order valence-corrected chi connectivity index (χ2v) is 5.76. The summed E-state index contributed by atoms with van der Waals surface area (Å²) in [6.07, 6.45) is 6.86. The molecule has 2 aromatic heterocycles. The molecule has 0 aliphatic carbocycles. The van der Waals surface area contributed by atoms with Crippen LogP contribution in [0.25, 0.3) is 11.9 Å². The molecule has 2 heterocycles. The van der Waals surface area contributed by atoms with Gasteiger partial charge in [-0.1, -0.05) is 6.08 Å². The van der Waals surface area contributed by atoms with Gasteiger partial charge < -0.3 is 9.88 Å². The standard InChI is InChI=1S/C18H24N4O/c1-6-10-19-17(23)8-7-16-12-14(4)21(15(16)5)18-9-11-20-22(18)13(2)3/h6-9,11-13H,1,10H2,2-5H3,(H,19,23)/b8-7+. The molecule has 122 valence electrons. The molecule has 0 atom stereocenters. The minimum absolute atomic E-state index is 0.123. The van der Waals surface area contributed by atoms with Crippen LogP contribution in [0, 0.1) is 13.8 Å². The van der Waals surface area contributed by atoms with Crippen LogP contribution < -0.4 is 5.32 Å². The summed E-state index contributed by atoms with van der Waals surface area (Å²) >= 11 is 0. The first-order valence-corrected chi connectivity index (χ1v) is 7.75. The minimum Gasteiger partial charge on any atom is -0.349 e. The van der Waals surface area contributed by atoms with E-state index in [0.717, 1.165) is 22.8 Å². The number of nitrogens with one attached hydrogen (secondary N) is 1. The van der Waals surface area contributed by atoms with Crippen molar-refractivity contribution in [3.8, 4) is 5.82 Å². The van der Waals surface area contributed by atoms with Crippen molar-refractivity contribution in [3.05, 3.63) is 54.0 Å². The Kier molecular flexibility index (Phi) is 5.21. The third kappa shape index (κ3) is 3.62. The maximum absolute atomic E-state index is 11.7. The van der Waals surface area contributed by atoms with Gasteiger partial charge in [0.2, 0.25) is 5.91 Å². The van der Waals surface area contributed by atoms with E-state index in [9.17, 15) is 4.79 Å². The van der Waals surface area contributed by atoms with Crippen molar-refractivity contribution in [2.75, 3.05) is 6.54 Å². The molecule has 0 fully saturated rings. The molecule has 0 saturated carbocycles. The molecule has 0 unspecified atom stereocenters. The summed E-state index contributed by atoms with van der Waals surface area (Å²) in [7, 11) is 0. The molecule has 2 aromatic rings. The van der Waals surface area contributed by atoms with E-state index in [2.05, 4.69) is 48.4 Å². The van der Waals surface area contributed by atoms with Crippen molar-refractivity contribution in [3.63, 3.8) is 0 Å². The lowest BCUT2D eigenvalue weighted by molar-refractivity contribution is -0.116. The van der Waals surface area contributed by atoms with Crippen LogP contribution in [0.3, 0.4) is 0 Å². The Balaban J connectivity index is 2.33. The van der Waals surface area contributed by atoms with E-state index in [-0.39, 0.29) is 11.9 Å². The average Bonchev–Trinajstić information content (AvgIpc) is 3.07. The number of amides is 1. The molecule has 1 N–H and O–H groups in total. The lowest BCUT2D eigenvalue weighted by Gasteiger charge is -2.15. The predicted molar refractivity (Wildman–Crippen MR) is 93.7 cm³/mol. The maximum atomic E-state index is 11.7. The molecule has 0 aromatic carbocycles. The van der Waals surface area contributed by atoms with E-state index in [1.807, 2.05) is 29.9 Å².